The van der Waals surface area contributed by atoms with E-state index < -0.39 is 0 Å². The van der Waals surface area contributed by atoms with Gasteiger partial charge in [-0.1, -0.05) is 6.42 Å². The van der Waals surface area contributed by atoms with E-state index in [1.165, 1.54) is 28.6 Å². The molecule has 0 aliphatic heterocycles. The summed E-state index contributed by atoms with van der Waals surface area (Å²) in [6.07, 6.45) is 3.88. The van der Waals surface area contributed by atoms with E-state index in [-0.39, 0.29) is 0 Å². The molecule has 0 bridgehead atoms. The van der Waals surface area contributed by atoms with Gasteiger partial charge < -0.3 is 5.32 Å². The molecule has 0 amide bonds. The number of hydrogen-bond donors (Lipinski definition) is 1. The molecule has 0 radical (unpaired) electrons. The summed E-state index contributed by atoms with van der Waals surface area (Å²) in [4.78, 5) is 1.38. The van der Waals surface area contributed by atoms with E-state index in [1.54, 1.807) is 11.3 Å². The lowest BCUT2D eigenvalue weighted by molar-refractivity contribution is 0.431. The standard InChI is InChI=1S/C11H15BrClNS/c12-9-4-5-15-11(9)7-14-10-3-1-2-8(10)6-13/h4-5,8,10,14H,1-3,6-7H2. The smallest absolute Gasteiger partial charge is 0.0327 e. The highest BCUT2D eigenvalue weighted by Gasteiger charge is 2.25. The van der Waals surface area contributed by atoms with Crippen LogP contribution in [0, 0.1) is 5.92 Å². The average Bonchev–Trinajstić information content (AvgIpc) is 2.83. The van der Waals surface area contributed by atoms with Crippen molar-refractivity contribution in [3.63, 3.8) is 0 Å². The number of alkyl halides is 1. The first-order chi connectivity index (χ1) is 7.31. The molecule has 0 saturated heterocycles. The van der Waals surface area contributed by atoms with Crippen LogP contribution in [0.3, 0.4) is 0 Å². The normalized spacial score (nSPS) is 26.0. The Kier molecular flexibility index (Phi) is 4.50. The van der Waals surface area contributed by atoms with E-state index in [4.69, 9.17) is 11.6 Å². The molecule has 4 heteroatoms. The van der Waals surface area contributed by atoms with Crippen LogP contribution in [0.4, 0.5) is 0 Å². The molecular weight excluding hydrogens is 294 g/mol. The van der Waals surface area contributed by atoms with E-state index in [0.717, 1.165) is 12.4 Å². The van der Waals surface area contributed by atoms with Crippen LogP contribution in [0.1, 0.15) is 24.1 Å². The lowest BCUT2D eigenvalue weighted by Gasteiger charge is -2.18. The predicted octanol–water partition coefficient (Wildman–Crippen LogP) is 4.01. The summed E-state index contributed by atoms with van der Waals surface area (Å²) < 4.78 is 1.22. The van der Waals surface area contributed by atoms with Crippen molar-refractivity contribution in [2.24, 2.45) is 5.92 Å². The van der Waals surface area contributed by atoms with Gasteiger partial charge >= 0.3 is 0 Å². The van der Waals surface area contributed by atoms with Gasteiger partial charge in [0.05, 0.1) is 0 Å². The molecule has 1 nitrogen and oxygen atoms in total. The largest absolute Gasteiger partial charge is 0.309 e. The molecule has 1 aromatic heterocycles. The van der Waals surface area contributed by atoms with Crippen LogP contribution in [0.25, 0.3) is 0 Å². The molecule has 2 unspecified atom stereocenters. The van der Waals surface area contributed by atoms with Crippen LogP contribution in [-0.2, 0) is 6.54 Å². The van der Waals surface area contributed by atoms with Crippen molar-refractivity contribution in [1.29, 1.82) is 0 Å². The minimum absolute atomic E-state index is 0.622. The molecule has 2 rings (SSSR count). The van der Waals surface area contributed by atoms with Gasteiger partial charge in [0.25, 0.3) is 0 Å². The Morgan fingerprint density at radius 3 is 3.07 bits per heavy atom. The van der Waals surface area contributed by atoms with Gasteiger partial charge in [-0.15, -0.1) is 22.9 Å². The highest BCUT2D eigenvalue weighted by atomic mass is 79.9. The van der Waals surface area contributed by atoms with Crippen LogP contribution in [0.5, 0.6) is 0 Å². The van der Waals surface area contributed by atoms with E-state index in [0.29, 0.717) is 12.0 Å². The first-order valence-electron chi connectivity index (χ1n) is 5.32. The molecule has 1 aromatic rings. The third-order valence-electron chi connectivity index (χ3n) is 3.07. The molecule has 1 saturated carbocycles. The highest BCUT2D eigenvalue weighted by Crippen LogP contribution is 2.28. The average molecular weight is 309 g/mol. The van der Waals surface area contributed by atoms with Crippen molar-refractivity contribution in [3.8, 4) is 0 Å². The number of rotatable bonds is 4. The zero-order valence-corrected chi connectivity index (χ0v) is 11.7. The first kappa shape index (κ1) is 11.9. The zero-order chi connectivity index (χ0) is 10.7. The van der Waals surface area contributed by atoms with Crippen molar-refractivity contribution in [3.05, 3.63) is 20.8 Å². The number of halogens is 2. The van der Waals surface area contributed by atoms with Crippen molar-refractivity contribution < 1.29 is 0 Å². The lowest BCUT2D eigenvalue weighted by atomic mass is 10.1. The summed E-state index contributed by atoms with van der Waals surface area (Å²) in [5.41, 5.74) is 0. The second kappa shape index (κ2) is 5.67. The first-order valence-corrected chi connectivity index (χ1v) is 7.53. The fourth-order valence-corrected chi connectivity index (χ4v) is 3.98. The molecule has 0 aromatic carbocycles. The molecule has 0 spiro atoms. The summed E-state index contributed by atoms with van der Waals surface area (Å²) in [5, 5.41) is 5.74. The summed E-state index contributed by atoms with van der Waals surface area (Å²) in [6.45, 7) is 0.969. The van der Waals surface area contributed by atoms with E-state index in [2.05, 4.69) is 32.7 Å². The summed E-state index contributed by atoms with van der Waals surface area (Å²) >= 11 is 11.3. The molecule has 1 N–H and O–H groups in total. The van der Waals surface area contributed by atoms with E-state index >= 15 is 0 Å². The van der Waals surface area contributed by atoms with Crippen LogP contribution in [0.2, 0.25) is 0 Å². The zero-order valence-electron chi connectivity index (χ0n) is 8.51. The Bertz CT molecular complexity index is 315. The maximum absolute atomic E-state index is 5.95. The Labute approximate surface area is 108 Å². The Morgan fingerprint density at radius 1 is 1.53 bits per heavy atom. The number of hydrogen-bond acceptors (Lipinski definition) is 2. The van der Waals surface area contributed by atoms with Gasteiger partial charge in [0.15, 0.2) is 0 Å². The quantitative estimate of drug-likeness (QED) is 0.829. The fraction of sp³-hybridized carbons (Fsp3) is 0.636. The third kappa shape index (κ3) is 2.96. The van der Waals surface area contributed by atoms with Gasteiger partial charge in [-0.05, 0) is 46.1 Å². The monoisotopic (exact) mass is 307 g/mol. The molecule has 15 heavy (non-hydrogen) atoms. The van der Waals surface area contributed by atoms with Crippen molar-refractivity contribution in [2.45, 2.75) is 31.8 Å². The Morgan fingerprint density at radius 2 is 2.40 bits per heavy atom. The Balaban J connectivity index is 1.85. The molecule has 1 heterocycles. The van der Waals surface area contributed by atoms with Crippen LogP contribution in [0.15, 0.2) is 15.9 Å². The van der Waals surface area contributed by atoms with Gasteiger partial charge in [-0.3, -0.25) is 0 Å². The molecule has 1 aliphatic carbocycles. The van der Waals surface area contributed by atoms with Gasteiger partial charge in [0.2, 0.25) is 0 Å². The maximum Gasteiger partial charge on any atom is 0.0327 e. The van der Waals surface area contributed by atoms with E-state index in [9.17, 15) is 0 Å². The summed E-state index contributed by atoms with van der Waals surface area (Å²) in [5.74, 6) is 1.47. The van der Waals surface area contributed by atoms with Crippen molar-refractivity contribution in [2.75, 3.05) is 5.88 Å². The van der Waals surface area contributed by atoms with E-state index in [1.807, 2.05) is 0 Å². The Hall–Kier alpha value is 0.430. The summed E-state index contributed by atoms with van der Waals surface area (Å²) in [6, 6.07) is 2.73. The van der Waals surface area contributed by atoms with Crippen molar-refractivity contribution >= 4 is 38.9 Å². The molecular formula is C11H15BrClNS. The van der Waals surface area contributed by atoms with Crippen LogP contribution < -0.4 is 5.32 Å². The van der Waals surface area contributed by atoms with Gasteiger partial charge in [0, 0.05) is 27.8 Å². The molecule has 1 aliphatic rings. The van der Waals surface area contributed by atoms with Crippen molar-refractivity contribution in [1.82, 2.24) is 5.32 Å². The van der Waals surface area contributed by atoms with Gasteiger partial charge in [-0.2, -0.15) is 0 Å². The van der Waals surface area contributed by atoms with Crippen LogP contribution in [-0.4, -0.2) is 11.9 Å². The minimum Gasteiger partial charge on any atom is -0.309 e. The second-order valence-corrected chi connectivity index (χ2v) is 6.19. The highest BCUT2D eigenvalue weighted by molar-refractivity contribution is 9.10. The van der Waals surface area contributed by atoms with Gasteiger partial charge in [-0.25, -0.2) is 0 Å². The number of thiophene rings is 1. The fourth-order valence-electron chi connectivity index (χ4n) is 2.17. The van der Waals surface area contributed by atoms with Gasteiger partial charge in [0.1, 0.15) is 0 Å². The molecule has 84 valence electrons. The second-order valence-electron chi connectivity index (χ2n) is 4.02. The predicted molar refractivity (Wildman–Crippen MR) is 70.7 cm³/mol. The lowest BCUT2D eigenvalue weighted by Crippen LogP contribution is -2.32. The number of nitrogens with one attached hydrogen (secondary N) is 1. The molecule has 2 atom stereocenters. The minimum atomic E-state index is 0.622. The topological polar surface area (TPSA) is 12.0 Å². The molecule has 1 fully saturated rings. The SMILES string of the molecule is ClCC1CCCC1NCc1sccc1Br. The maximum atomic E-state index is 5.95. The summed E-state index contributed by atoms with van der Waals surface area (Å²) in [7, 11) is 0. The van der Waals surface area contributed by atoms with Crippen LogP contribution >= 0.6 is 38.9 Å². The third-order valence-corrected chi connectivity index (χ3v) is 5.40.